The number of nitrogens with one attached hydrogen (secondary N) is 1. The average molecular weight is 474 g/mol. The van der Waals surface area contributed by atoms with Crippen LogP contribution in [0.15, 0.2) is 29.1 Å². The van der Waals surface area contributed by atoms with Gasteiger partial charge in [-0.15, -0.1) is 0 Å². The van der Waals surface area contributed by atoms with Crippen LogP contribution in [0.25, 0.3) is 22.2 Å². The average Bonchev–Trinajstić information content (AvgIpc) is 3.21. The number of nitrogens with zero attached hydrogens (tertiary/aromatic N) is 4. The first-order valence-electron chi connectivity index (χ1n) is 12.3. The van der Waals surface area contributed by atoms with Crippen molar-refractivity contribution in [2.45, 2.75) is 45.4 Å². The van der Waals surface area contributed by atoms with Crippen LogP contribution < -0.4 is 5.56 Å². The lowest BCUT2D eigenvalue weighted by atomic mass is 9.87. The molecule has 1 saturated heterocycles. The number of hydrogen-bond donors (Lipinski definition) is 1. The molecule has 35 heavy (non-hydrogen) atoms. The molecule has 1 N–H and O–H groups in total. The number of amides is 1. The van der Waals surface area contributed by atoms with Crippen molar-refractivity contribution in [1.29, 1.82) is 5.26 Å². The van der Waals surface area contributed by atoms with Crippen LogP contribution in [0, 0.1) is 18.3 Å². The van der Waals surface area contributed by atoms with Crippen molar-refractivity contribution in [3.8, 4) is 17.3 Å². The van der Waals surface area contributed by atoms with E-state index in [1.807, 2.05) is 30.8 Å². The van der Waals surface area contributed by atoms with Crippen molar-refractivity contribution in [1.82, 2.24) is 19.4 Å². The second-order valence-electron chi connectivity index (χ2n) is 10.3. The van der Waals surface area contributed by atoms with E-state index in [0.717, 1.165) is 48.4 Å². The monoisotopic (exact) mass is 473 g/mol. The van der Waals surface area contributed by atoms with Crippen molar-refractivity contribution in [3.05, 3.63) is 57.0 Å². The van der Waals surface area contributed by atoms with Crippen LogP contribution in [0.5, 0.6) is 0 Å². The summed E-state index contributed by atoms with van der Waals surface area (Å²) in [5, 5.41) is 10.7. The fourth-order valence-electron chi connectivity index (χ4n) is 5.29. The molecule has 0 atom stereocenters. The van der Waals surface area contributed by atoms with Crippen molar-refractivity contribution in [3.63, 3.8) is 0 Å². The predicted molar refractivity (Wildman–Crippen MR) is 140 cm³/mol. The van der Waals surface area contributed by atoms with E-state index in [1.165, 1.54) is 16.5 Å². The number of aromatic nitrogens is 2. The summed E-state index contributed by atoms with van der Waals surface area (Å²) < 4.78 is 1.56. The zero-order chi connectivity index (χ0) is 25.4. The van der Waals surface area contributed by atoms with Crippen molar-refractivity contribution in [2.75, 3.05) is 33.7 Å². The maximum absolute atomic E-state index is 12.4. The van der Waals surface area contributed by atoms with Gasteiger partial charge in [-0.25, -0.2) is 0 Å². The van der Waals surface area contributed by atoms with Crippen molar-refractivity contribution in [2.24, 2.45) is 7.05 Å². The Bertz CT molecular complexity index is 1360. The van der Waals surface area contributed by atoms with Crippen LogP contribution in [0.1, 0.15) is 60.9 Å². The molecule has 0 aliphatic carbocycles. The molecule has 0 unspecified atom stereocenters. The maximum Gasteiger partial charge on any atom is 0.268 e. The van der Waals surface area contributed by atoms with E-state index >= 15 is 0 Å². The van der Waals surface area contributed by atoms with E-state index in [1.54, 1.807) is 17.7 Å². The third kappa shape index (κ3) is 4.63. The molecule has 1 aliphatic heterocycles. The van der Waals surface area contributed by atoms with Gasteiger partial charge in [-0.3, -0.25) is 9.59 Å². The molecule has 4 rings (SSSR count). The van der Waals surface area contributed by atoms with Gasteiger partial charge >= 0.3 is 0 Å². The minimum absolute atomic E-state index is 0.151. The highest BCUT2D eigenvalue weighted by Gasteiger charge is 2.26. The molecule has 1 aliphatic rings. The molecule has 7 heteroatoms. The minimum Gasteiger partial charge on any atom is -0.354 e. The number of fused-ring (bicyclic) bond motifs is 1. The van der Waals surface area contributed by atoms with E-state index in [2.05, 4.69) is 43.1 Å². The SMILES string of the molecule is Cc1c(-c2[nH]c3ccc(C4CCN(C(=O)CN(C)C)CC4)cc3c2C(C)C)cc(C#N)c(=O)n1C. The number of rotatable bonds is 5. The summed E-state index contributed by atoms with van der Waals surface area (Å²) in [7, 11) is 5.57. The highest BCUT2D eigenvalue weighted by molar-refractivity contribution is 5.92. The maximum atomic E-state index is 12.4. The summed E-state index contributed by atoms with van der Waals surface area (Å²) in [4.78, 5) is 32.4. The van der Waals surface area contributed by atoms with Gasteiger partial charge in [-0.05, 0) is 75.0 Å². The van der Waals surface area contributed by atoms with Crippen molar-refractivity contribution < 1.29 is 4.79 Å². The number of likely N-dealkylation sites (tertiary alicyclic amines) is 1. The van der Waals surface area contributed by atoms with E-state index in [-0.39, 0.29) is 22.9 Å². The second-order valence-corrected chi connectivity index (χ2v) is 10.3. The topological polar surface area (TPSA) is 85.1 Å². The summed E-state index contributed by atoms with van der Waals surface area (Å²) in [6, 6.07) is 10.4. The Hall–Kier alpha value is -3.37. The van der Waals surface area contributed by atoms with Gasteiger partial charge in [0.15, 0.2) is 0 Å². The molecule has 0 radical (unpaired) electrons. The zero-order valence-electron chi connectivity index (χ0n) is 21.6. The fraction of sp³-hybridized carbons (Fsp3) is 0.464. The molecule has 2 aromatic heterocycles. The van der Waals surface area contributed by atoms with Crippen molar-refractivity contribution >= 4 is 16.8 Å². The highest BCUT2D eigenvalue weighted by atomic mass is 16.2. The van der Waals surface area contributed by atoms with E-state index in [4.69, 9.17) is 0 Å². The first kappa shape index (κ1) is 24.7. The van der Waals surface area contributed by atoms with Gasteiger partial charge < -0.3 is 19.4 Å². The number of nitriles is 1. The molecule has 1 amide bonds. The summed E-state index contributed by atoms with van der Waals surface area (Å²) in [6.45, 7) is 8.31. The standard InChI is InChI=1S/C28H35N5O2/c1-17(2)26-23-13-20(19-9-11-33(12-10-19)25(34)16-31(4)5)7-8-24(23)30-27(26)22-14-21(15-29)28(35)32(6)18(22)3/h7-8,13-14,17,19,30H,9-12,16H2,1-6H3. The number of H-pyrrole nitrogens is 1. The number of benzene rings is 1. The summed E-state index contributed by atoms with van der Waals surface area (Å²) in [6.07, 6.45) is 1.93. The van der Waals surface area contributed by atoms with Crippen LogP contribution in [0.4, 0.5) is 0 Å². The lowest BCUT2D eigenvalue weighted by Crippen LogP contribution is -2.42. The Morgan fingerprint density at radius 1 is 1.23 bits per heavy atom. The number of aromatic amines is 1. The molecular formula is C28H35N5O2. The smallest absolute Gasteiger partial charge is 0.268 e. The number of piperidine rings is 1. The lowest BCUT2D eigenvalue weighted by molar-refractivity contribution is -0.132. The second kappa shape index (κ2) is 9.71. The molecule has 3 heterocycles. The summed E-state index contributed by atoms with van der Waals surface area (Å²) in [5.74, 6) is 0.873. The van der Waals surface area contributed by atoms with Gasteiger partial charge in [0.25, 0.3) is 5.56 Å². The predicted octanol–water partition coefficient (Wildman–Crippen LogP) is 4.10. The van der Waals surface area contributed by atoms with Gasteiger partial charge in [0, 0.05) is 42.3 Å². The van der Waals surface area contributed by atoms with Gasteiger partial charge in [-0.1, -0.05) is 19.9 Å². The van der Waals surface area contributed by atoms with Crippen LogP contribution in [0.2, 0.25) is 0 Å². The number of carbonyl (C=O) groups is 1. The van der Waals surface area contributed by atoms with E-state index in [0.29, 0.717) is 12.5 Å². The molecule has 0 saturated carbocycles. The van der Waals surface area contributed by atoms with Crippen LogP contribution >= 0.6 is 0 Å². The number of carbonyl (C=O) groups excluding carboxylic acids is 1. The summed E-state index contributed by atoms with van der Waals surface area (Å²) in [5.41, 5.74) is 6.13. The Labute approximate surface area is 207 Å². The first-order chi connectivity index (χ1) is 16.6. The highest BCUT2D eigenvalue weighted by Crippen LogP contribution is 2.39. The molecule has 1 aromatic carbocycles. The van der Waals surface area contributed by atoms with Crippen LogP contribution in [-0.4, -0.2) is 59.0 Å². The van der Waals surface area contributed by atoms with Gasteiger partial charge in [0.2, 0.25) is 5.91 Å². The first-order valence-corrected chi connectivity index (χ1v) is 12.3. The van der Waals surface area contributed by atoms with E-state index < -0.39 is 0 Å². The normalized spacial score (nSPS) is 14.8. The third-order valence-electron chi connectivity index (χ3n) is 7.32. The minimum atomic E-state index is -0.270. The number of pyridine rings is 1. The largest absolute Gasteiger partial charge is 0.354 e. The van der Waals surface area contributed by atoms with Crippen LogP contribution in [0.3, 0.4) is 0 Å². The Kier molecular flexibility index (Phi) is 6.86. The molecule has 0 spiro atoms. The number of hydrogen-bond acceptors (Lipinski definition) is 4. The Morgan fingerprint density at radius 2 is 1.91 bits per heavy atom. The fourth-order valence-corrected chi connectivity index (χ4v) is 5.29. The van der Waals surface area contributed by atoms with Gasteiger partial charge in [-0.2, -0.15) is 5.26 Å². The molecular weight excluding hydrogens is 438 g/mol. The number of likely N-dealkylation sites (N-methyl/N-ethyl adjacent to an activating group) is 1. The third-order valence-corrected chi connectivity index (χ3v) is 7.32. The Balaban J connectivity index is 1.71. The molecule has 7 nitrogen and oxygen atoms in total. The molecule has 0 bridgehead atoms. The van der Waals surface area contributed by atoms with Gasteiger partial charge in [0.1, 0.15) is 11.6 Å². The molecule has 3 aromatic rings. The molecule has 184 valence electrons. The van der Waals surface area contributed by atoms with E-state index in [9.17, 15) is 14.9 Å². The Morgan fingerprint density at radius 3 is 2.51 bits per heavy atom. The molecule has 1 fully saturated rings. The lowest BCUT2D eigenvalue weighted by Gasteiger charge is -2.33. The quantitative estimate of drug-likeness (QED) is 0.604. The summed E-state index contributed by atoms with van der Waals surface area (Å²) >= 11 is 0. The zero-order valence-corrected chi connectivity index (χ0v) is 21.6. The van der Waals surface area contributed by atoms with Gasteiger partial charge in [0.05, 0.1) is 12.2 Å². The van der Waals surface area contributed by atoms with Crippen LogP contribution in [-0.2, 0) is 11.8 Å².